The van der Waals surface area contributed by atoms with E-state index in [1.54, 1.807) is 6.26 Å². The Balaban J connectivity index is 2.33. The molecule has 0 atom stereocenters. The van der Waals surface area contributed by atoms with E-state index in [0.717, 1.165) is 23.3 Å². The number of rotatable bonds is 4. The molecular formula is C9H12BrNO. The van der Waals surface area contributed by atoms with Crippen LogP contribution in [0.5, 0.6) is 0 Å². The molecular weight excluding hydrogens is 218 g/mol. The van der Waals surface area contributed by atoms with Gasteiger partial charge in [-0.1, -0.05) is 22.5 Å². The van der Waals surface area contributed by atoms with Crippen molar-refractivity contribution >= 4 is 15.9 Å². The highest BCUT2D eigenvalue weighted by Crippen LogP contribution is 2.08. The predicted octanol–water partition coefficient (Wildman–Crippen LogP) is 2.59. The van der Waals surface area contributed by atoms with Crippen molar-refractivity contribution in [3.63, 3.8) is 0 Å². The van der Waals surface area contributed by atoms with Gasteiger partial charge in [0.15, 0.2) is 0 Å². The summed E-state index contributed by atoms with van der Waals surface area (Å²) in [7, 11) is 0. The summed E-state index contributed by atoms with van der Waals surface area (Å²) in [5.41, 5.74) is 1.18. The lowest BCUT2D eigenvalue weighted by Crippen LogP contribution is -2.14. The molecule has 66 valence electrons. The molecule has 2 nitrogen and oxygen atoms in total. The minimum Gasteiger partial charge on any atom is -0.468 e. The molecule has 1 aromatic heterocycles. The number of hydrogen-bond donors (Lipinski definition) is 1. The van der Waals surface area contributed by atoms with Crippen molar-refractivity contribution in [2.75, 3.05) is 6.54 Å². The fraction of sp³-hybridized carbons (Fsp3) is 0.333. The SMILES string of the molecule is C=C(Br)CNCc1occc1C. The summed E-state index contributed by atoms with van der Waals surface area (Å²) in [6, 6.07) is 1.96. The molecule has 1 N–H and O–H groups in total. The normalized spacial score (nSPS) is 10.2. The first kappa shape index (κ1) is 9.55. The van der Waals surface area contributed by atoms with E-state index in [1.165, 1.54) is 5.56 Å². The van der Waals surface area contributed by atoms with Gasteiger partial charge in [-0.2, -0.15) is 0 Å². The third kappa shape index (κ3) is 2.83. The first-order valence-corrected chi connectivity index (χ1v) is 4.56. The fourth-order valence-corrected chi connectivity index (χ4v) is 1.10. The Hall–Kier alpha value is -0.540. The van der Waals surface area contributed by atoms with Gasteiger partial charge in [0, 0.05) is 11.0 Å². The molecule has 0 saturated heterocycles. The first-order chi connectivity index (χ1) is 5.70. The van der Waals surface area contributed by atoms with E-state index in [0.29, 0.717) is 0 Å². The highest BCUT2D eigenvalue weighted by molar-refractivity contribution is 9.11. The molecule has 0 aliphatic heterocycles. The molecule has 1 heterocycles. The molecule has 0 spiro atoms. The number of furan rings is 1. The summed E-state index contributed by atoms with van der Waals surface area (Å²) < 4.78 is 6.19. The molecule has 0 unspecified atom stereocenters. The summed E-state index contributed by atoms with van der Waals surface area (Å²) in [6.07, 6.45) is 1.70. The van der Waals surface area contributed by atoms with Crippen LogP contribution in [0.3, 0.4) is 0 Å². The van der Waals surface area contributed by atoms with Crippen molar-refractivity contribution in [1.82, 2.24) is 5.32 Å². The van der Waals surface area contributed by atoms with Crippen LogP contribution < -0.4 is 5.32 Å². The van der Waals surface area contributed by atoms with Gasteiger partial charge in [0.1, 0.15) is 5.76 Å². The minimum atomic E-state index is 0.753. The van der Waals surface area contributed by atoms with Crippen LogP contribution in [-0.4, -0.2) is 6.54 Å². The van der Waals surface area contributed by atoms with Gasteiger partial charge in [-0.05, 0) is 18.6 Å². The van der Waals surface area contributed by atoms with Crippen LogP contribution in [0.25, 0.3) is 0 Å². The molecule has 0 radical (unpaired) electrons. The molecule has 0 aliphatic carbocycles. The van der Waals surface area contributed by atoms with Gasteiger partial charge in [-0.15, -0.1) is 0 Å². The van der Waals surface area contributed by atoms with Crippen molar-refractivity contribution < 1.29 is 4.42 Å². The lowest BCUT2D eigenvalue weighted by Gasteiger charge is -2.00. The zero-order valence-corrected chi connectivity index (χ0v) is 8.65. The van der Waals surface area contributed by atoms with Gasteiger partial charge in [-0.3, -0.25) is 0 Å². The van der Waals surface area contributed by atoms with E-state index in [4.69, 9.17) is 4.42 Å². The van der Waals surface area contributed by atoms with Crippen LogP contribution in [0.15, 0.2) is 27.8 Å². The van der Waals surface area contributed by atoms with Crippen molar-refractivity contribution in [3.8, 4) is 0 Å². The van der Waals surface area contributed by atoms with E-state index >= 15 is 0 Å². The summed E-state index contributed by atoms with van der Waals surface area (Å²) in [4.78, 5) is 0. The van der Waals surface area contributed by atoms with Crippen molar-refractivity contribution in [3.05, 3.63) is 34.7 Å². The smallest absolute Gasteiger partial charge is 0.120 e. The van der Waals surface area contributed by atoms with Gasteiger partial charge < -0.3 is 9.73 Å². The number of hydrogen-bond acceptors (Lipinski definition) is 2. The Morgan fingerprint density at radius 3 is 3.00 bits per heavy atom. The van der Waals surface area contributed by atoms with Gasteiger partial charge in [0.25, 0.3) is 0 Å². The van der Waals surface area contributed by atoms with Gasteiger partial charge in [0.05, 0.1) is 12.8 Å². The quantitative estimate of drug-likeness (QED) is 0.859. The second kappa shape index (κ2) is 4.48. The Bertz CT molecular complexity index is 267. The predicted molar refractivity (Wildman–Crippen MR) is 53.2 cm³/mol. The molecule has 0 saturated carbocycles. The maximum Gasteiger partial charge on any atom is 0.120 e. The third-order valence-electron chi connectivity index (χ3n) is 1.57. The Morgan fingerprint density at radius 1 is 1.75 bits per heavy atom. The van der Waals surface area contributed by atoms with Gasteiger partial charge >= 0.3 is 0 Å². The van der Waals surface area contributed by atoms with Crippen LogP contribution in [0.4, 0.5) is 0 Å². The second-order valence-corrected chi connectivity index (χ2v) is 3.77. The second-order valence-electron chi connectivity index (χ2n) is 2.65. The molecule has 0 amide bonds. The Kier molecular flexibility index (Phi) is 3.56. The average Bonchev–Trinajstić information content (AvgIpc) is 2.36. The van der Waals surface area contributed by atoms with E-state index < -0.39 is 0 Å². The van der Waals surface area contributed by atoms with Crippen molar-refractivity contribution in [1.29, 1.82) is 0 Å². The van der Waals surface area contributed by atoms with Crippen molar-refractivity contribution in [2.45, 2.75) is 13.5 Å². The standard InChI is InChI=1S/C9H12BrNO/c1-7-3-4-12-9(7)6-11-5-8(2)10/h3-4,11H,2,5-6H2,1H3. The largest absolute Gasteiger partial charge is 0.468 e. The van der Waals surface area contributed by atoms with Gasteiger partial charge in [-0.25, -0.2) is 0 Å². The molecule has 0 bridgehead atoms. The summed E-state index contributed by atoms with van der Waals surface area (Å²) in [5.74, 6) is 0.990. The zero-order chi connectivity index (χ0) is 8.97. The third-order valence-corrected chi connectivity index (χ3v) is 1.85. The number of halogens is 1. The minimum absolute atomic E-state index is 0.753. The monoisotopic (exact) mass is 229 g/mol. The molecule has 1 rings (SSSR count). The van der Waals surface area contributed by atoms with Crippen LogP contribution in [0.2, 0.25) is 0 Å². The first-order valence-electron chi connectivity index (χ1n) is 3.77. The topological polar surface area (TPSA) is 25.2 Å². The highest BCUT2D eigenvalue weighted by atomic mass is 79.9. The Labute approximate surface area is 80.8 Å². The average molecular weight is 230 g/mol. The number of aryl methyl sites for hydroxylation is 1. The van der Waals surface area contributed by atoms with Gasteiger partial charge in [0.2, 0.25) is 0 Å². The molecule has 1 aromatic rings. The summed E-state index contributed by atoms with van der Waals surface area (Å²) >= 11 is 3.27. The molecule has 0 aromatic carbocycles. The van der Waals surface area contributed by atoms with Crippen molar-refractivity contribution in [2.24, 2.45) is 0 Å². The number of nitrogens with one attached hydrogen (secondary N) is 1. The van der Waals surface area contributed by atoms with Crippen LogP contribution in [0.1, 0.15) is 11.3 Å². The lowest BCUT2D eigenvalue weighted by molar-refractivity contribution is 0.487. The van der Waals surface area contributed by atoms with Crippen LogP contribution in [-0.2, 0) is 6.54 Å². The maximum atomic E-state index is 5.24. The molecule has 0 fully saturated rings. The molecule has 0 aliphatic rings. The van der Waals surface area contributed by atoms with Crippen LogP contribution in [0, 0.1) is 6.92 Å². The highest BCUT2D eigenvalue weighted by Gasteiger charge is 1.99. The summed E-state index contributed by atoms with van der Waals surface area (Å²) in [5, 5.41) is 3.19. The lowest BCUT2D eigenvalue weighted by atomic mass is 10.3. The van der Waals surface area contributed by atoms with E-state index in [-0.39, 0.29) is 0 Å². The van der Waals surface area contributed by atoms with E-state index in [2.05, 4.69) is 27.8 Å². The zero-order valence-electron chi connectivity index (χ0n) is 7.06. The molecule has 3 heteroatoms. The fourth-order valence-electron chi connectivity index (χ4n) is 0.897. The van der Waals surface area contributed by atoms with Crippen LogP contribution >= 0.6 is 15.9 Å². The Morgan fingerprint density at radius 2 is 2.50 bits per heavy atom. The van der Waals surface area contributed by atoms with E-state index in [1.807, 2.05) is 13.0 Å². The maximum absolute atomic E-state index is 5.24. The van der Waals surface area contributed by atoms with E-state index in [9.17, 15) is 0 Å². The molecule has 12 heavy (non-hydrogen) atoms. The summed E-state index contributed by atoms with van der Waals surface area (Å²) in [6.45, 7) is 7.27.